The number of aryl methyl sites for hydroxylation is 1. The Morgan fingerprint density at radius 3 is 2.82 bits per heavy atom. The molecule has 0 fully saturated rings. The highest BCUT2D eigenvalue weighted by molar-refractivity contribution is 6.30. The van der Waals surface area contributed by atoms with Crippen LogP contribution in [-0.4, -0.2) is 29.0 Å². The van der Waals surface area contributed by atoms with Crippen molar-refractivity contribution in [2.45, 2.75) is 45.4 Å². The number of nitrogens with zero attached hydrogens (tertiary/aromatic N) is 2. The maximum Gasteiger partial charge on any atom is 0.270 e. The van der Waals surface area contributed by atoms with Gasteiger partial charge in [0.15, 0.2) is 0 Å². The zero-order chi connectivity index (χ0) is 19.8. The van der Waals surface area contributed by atoms with Gasteiger partial charge in [-0.1, -0.05) is 35.4 Å². The van der Waals surface area contributed by atoms with Crippen LogP contribution < -0.4 is 10.6 Å². The molecule has 1 aromatic heterocycles. The highest BCUT2D eigenvalue weighted by Crippen LogP contribution is 2.19. The van der Waals surface area contributed by atoms with E-state index in [9.17, 15) is 4.79 Å². The molecule has 0 aliphatic heterocycles. The molecule has 0 radical (unpaired) electrons. The molecular weight excluding hydrogens is 372 g/mol. The van der Waals surface area contributed by atoms with E-state index in [2.05, 4.69) is 26.7 Å². The molecule has 0 unspecified atom stereocenters. The predicted molar refractivity (Wildman–Crippen MR) is 114 cm³/mol. The van der Waals surface area contributed by atoms with E-state index in [-0.39, 0.29) is 5.91 Å². The number of anilines is 1. The Labute approximate surface area is 171 Å². The lowest BCUT2D eigenvalue weighted by molar-refractivity contribution is 0.0948. The van der Waals surface area contributed by atoms with Crippen molar-refractivity contribution in [1.82, 2.24) is 15.3 Å². The zero-order valence-electron chi connectivity index (χ0n) is 16.3. The molecule has 1 aromatic carbocycles. The van der Waals surface area contributed by atoms with Crippen LogP contribution in [0.3, 0.4) is 0 Å². The van der Waals surface area contributed by atoms with Crippen LogP contribution in [0.4, 0.5) is 5.82 Å². The molecule has 0 saturated heterocycles. The molecule has 148 valence electrons. The molecule has 0 saturated carbocycles. The van der Waals surface area contributed by atoms with E-state index in [1.54, 1.807) is 13.0 Å². The van der Waals surface area contributed by atoms with Crippen molar-refractivity contribution >= 4 is 23.3 Å². The number of halogens is 1. The number of nitrogens with one attached hydrogen (secondary N) is 2. The van der Waals surface area contributed by atoms with Crippen molar-refractivity contribution in [3.8, 4) is 0 Å². The number of aromatic nitrogens is 2. The zero-order valence-corrected chi connectivity index (χ0v) is 17.1. The van der Waals surface area contributed by atoms with Crippen LogP contribution in [0.15, 0.2) is 42.0 Å². The lowest BCUT2D eigenvalue weighted by Crippen LogP contribution is -2.26. The molecule has 5 nitrogen and oxygen atoms in total. The van der Waals surface area contributed by atoms with Crippen molar-refractivity contribution in [2.24, 2.45) is 0 Å². The van der Waals surface area contributed by atoms with Crippen molar-refractivity contribution in [3.05, 3.63) is 64.1 Å². The molecule has 0 atom stereocenters. The molecule has 1 heterocycles. The minimum absolute atomic E-state index is 0.153. The van der Waals surface area contributed by atoms with Crippen LogP contribution in [0.2, 0.25) is 5.02 Å². The van der Waals surface area contributed by atoms with Crippen LogP contribution in [0.25, 0.3) is 0 Å². The number of amides is 1. The first kappa shape index (κ1) is 20.3. The fraction of sp³-hybridized carbons (Fsp3) is 0.409. The van der Waals surface area contributed by atoms with Gasteiger partial charge in [-0.2, -0.15) is 0 Å². The molecule has 1 amide bonds. The van der Waals surface area contributed by atoms with Gasteiger partial charge in [-0.25, -0.2) is 9.97 Å². The van der Waals surface area contributed by atoms with Crippen LogP contribution >= 0.6 is 11.6 Å². The Hall–Kier alpha value is -2.40. The second-order valence-electron chi connectivity index (χ2n) is 7.11. The quantitative estimate of drug-likeness (QED) is 0.632. The lowest BCUT2D eigenvalue weighted by atomic mass is 9.97. The topological polar surface area (TPSA) is 66.9 Å². The Balaban J connectivity index is 1.51. The van der Waals surface area contributed by atoms with Crippen molar-refractivity contribution in [3.63, 3.8) is 0 Å². The molecule has 0 spiro atoms. The molecule has 1 aliphatic carbocycles. The average molecular weight is 399 g/mol. The van der Waals surface area contributed by atoms with Gasteiger partial charge in [-0.15, -0.1) is 0 Å². The van der Waals surface area contributed by atoms with Crippen LogP contribution in [0.5, 0.6) is 0 Å². The van der Waals surface area contributed by atoms with Gasteiger partial charge in [0.05, 0.1) is 0 Å². The Kier molecular flexibility index (Phi) is 7.43. The van der Waals surface area contributed by atoms with Gasteiger partial charge in [0, 0.05) is 24.2 Å². The number of carbonyl (C=O) groups excluding carboxylic acids is 1. The summed E-state index contributed by atoms with van der Waals surface area (Å²) in [5.41, 5.74) is 3.00. The minimum atomic E-state index is -0.153. The Bertz CT molecular complexity index is 850. The molecule has 28 heavy (non-hydrogen) atoms. The fourth-order valence-electron chi connectivity index (χ4n) is 3.36. The molecule has 0 bridgehead atoms. The molecular formula is C22H27ClN4O. The van der Waals surface area contributed by atoms with Gasteiger partial charge in [-0.3, -0.25) is 4.79 Å². The predicted octanol–water partition coefficient (Wildman–Crippen LogP) is 4.71. The van der Waals surface area contributed by atoms with E-state index in [1.165, 1.54) is 24.8 Å². The SMILES string of the molecule is Cc1nc(NCCc2cccc(Cl)c2)cc(C(=O)NCCC2=CCCCC2)n1. The van der Waals surface area contributed by atoms with Crippen LogP contribution in [0, 0.1) is 6.92 Å². The van der Waals surface area contributed by atoms with E-state index in [4.69, 9.17) is 11.6 Å². The summed E-state index contributed by atoms with van der Waals surface area (Å²) >= 11 is 6.02. The largest absolute Gasteiger partial charge is 0.370 e. The maximum atomic E-state index is 12.5. The number of allylic oxidation sites excluding steroid dienone is 1. The van der Waals surface area contributed by atoms with E-state index in [0.29, 0.717) is 30.4 Å². The first-order valence-electron chi connectivity index (χ1n) is 9.90. The third kappa shape index (κ3) is 6.34. The number of hydrogen-bond acceptors (Lipinski definition) is 4. The third-order valence-corrected chi connectivity index (χ3v) is 5.03. The van der Waals surface area contributed by atoms with Crippen LogP contribution in [-0.2, 0) is 6.42 Å². The second-order valence-corrected chi connectivity index (χ2v) is 7.54. The van der Waals surface area contributed by atoms with Gasteiger partial charge >= 0.3 is 0 Å². The molecule has 3 rings (SSSR count). The van der Waals surface area contributed by atoms with E-state index < -0.39 is 0 Å². The Morgan fingerprint density at radius 1 is 1.14 bits per heavy atom. The highest BCUT2D eigenvalue weighted by Gasteiger charge is 2.11. The standard InChI is InChI=1S/C22H27ClN4O/c1-16-26-20(22(28)25-13-10-17-6-3-2-4-7-17)15-21(27-16)24-12-11-18-8-5-9-19(23)14-18/h5-6,8-9,14-15H,2-4,7,10-13H2,1H3,(H,25,28)(H,24,26,27). The van der Waals surface area contributed by atoms with Gasteiger partial charge in [0.25, 0.3) is 5.91 Å². The van der Waals surface area contributed by atoms with E-state index >= 15 is 0 Å². The number of rotatable bonds is 8. The molecule has 6 heteroatoms. The summed E-state index contributed by atoms with van der Waals surface area (Å²) in [5, 5.41) is 6.98. The summed E-state index contributed by atoms with van der Waals surface area (Å²) < 4.78 is 0. The number of hydrogen-bond donors (Lipinski definition) is 2. The van der Waals surface area contributed by atoms with Gasteiger partial charge < -0.3 is 10.6 Å². The van der Waals surface area contributed by atoms with Crippen molar-refractivity contribution < 1.29 is 4.79 Å². The monoisotopic (exact) mass is 398 g/mol. The molecule has 2 N–H and O–H groups in total. The second kappa shape index (κ2) is 10.2. The van der Waals surface area contributed by atoms with Gasteiger partial charge in [-0.05, 0) is 63.1 Å². The molecule has 2 aromatic rings. The summed E-state index contributed by atoms with van der Waals surface area (Å²) in [4.78, 5) is 21.1. The minimum Gasteiger partial charge on any atom is -0.370 e. The maximum absolute atomic E-state index is 12.5. The summed E-state index contributed by atoms with van der Waals surface area (Å²) in [6, 6.07) is 9.51. The number of carbonyl (C=O) groups is 1. The highest BCUT2D eigenvalue weighted by atomic mass is 35.5. The van der Waals surface area contributed by atoms with Gasteiger partial charge in [0.2, 0.25) is 0 Å². The van der Waals surface area contributed by atoms with Crippen molar-refractivity contribution in [2.75, 3.05) is 18.4 Å². The van der Waals surface area contributed by atoms with Gasteiger partial charge in [0.1, 0.15) is 17.3 Å². The third-order valence-electron chi connectivity index (χ3n) is 4.80. The smallest absolute Gasteiger partial charge is 0.270 e. The summed E-state index contributed by atoms with van der Waals surface area (Å²) in [5.74, 6) is 1.09. The summed E-state index contributed by atoms with van der Waals surface area (Å²) in [7, 11) is 0. The summed E-state index contributed by atoms with van der Waals surface area (Å²) in [6.07, 6.45) is 8.91. The van der Waals surface area contributed by atoms with Crippen LogP contribution in [0.1, 0.15) is 54.0 Å². The Morgan fingerprint density at radius 2 is 2.04 bits per heavy atom. The average Bonchev–Trinajstić information content (AvgIpc) is 2.68. The normalized spacial score (nSPS) is 13.7. The fourth-order valence-corrected chi connectivity index (χ4v) is 3.57. The van der Waals surface area contributed by atoms with Crippen molar-refractivity contribution in [1.29, 1.82) is 0 Å². The van der Waals surface area contributed by atoms with E-state index in [1.807, 2.05) is 24.3 Å². The first-order valence-corrected chi connectivity index (χ1v) is 10.3. The molecule has 1 aliphatic rings. The van der Waals surface area contributed by atoms with E-state index in [0.717, 1.165) is 29.8 Å². The number of benzene rings is 1. The first-order chi connectivity index (χ1) is 13.6. The lowest BCUT2D eigenvalue weighted by Gasteiger charge is -2.13. The summed E-state index contributed by atoms with van der Waals surface area (Å²) in [6.45, 7) is 3.14.